The Balaban J connectivity index is 3.52. The summed E-state index contributed by atoms with van der Waals surface area (Å²) < 4.78 is 0. The third-order valence-corrected chi connectivity index (χ3v) is 1.69. The van der Waals surface area contributed by atoms with Crippen LogP contribution in [0.4, 0.5) is 5.69 Å². The molecule has 0 unspecified atom stereocenters. The molecule has 0 aromatic heterocycles. The van der Waals surface area contributed by atoms with Crippen molar-refractivity contribution in [1.29, 1.82) is 0 Å². The molecule has 0 saturated heterocycles. The number of benzene rings is 1. The fraction of sp³-hybridized carbons (Fsp3) is 0. The van der Waals surface area contributed by atoms with E-state index in [9.17, 15) is 14.9 Å². The maximum absolute atomic E-state index is 10.6. The van der Waals surface area contributed by atoms with Crippen molar-refractivity contribution < 1.29 is 19.9 Å². The van der Waals surface area contributed by atoms with E-state index >= 15 is 0 Å². The first kappa shape index (κ1) is 10.3. The standard InChI is InChI=1S/C7H4ClNO5/c8-3-1-4(7(11)12)6(9(13)14)5(10)2-3/h1-2,10H,(H,11,12). The van der Waals surface area contributed by atoms with Gasteiger partial charge >= 0.3 is 11.7 Å². The van der Waals surface area contributed by atoms with Crippen molar-refractivity contribution in [3.05, 3.63) is 32.8 Å². The molecule has 0 radical (unpaired) electrons. The highest BCUT2D eigenvalue weighted by Crippen LogP contribution is 2.33. The molecule has 0 saturated carbocycles. The molecule has 14 heavy (non-hydrogen) atoms. The fourth-order valence-corrected chi connectivity index (χ4v) is 1.15. The second kappa shape index (κ2) is 3.51. The number of carbonyl (C=O) groups is 1. The molecule has 0 bridgehead atoms. The number of hydrogen-bond donors (Lipinski definition) is 2. The Morgan fingerprint density at radius 2 is 2.07 bits per heavy atom. The van der Waals surface area contributed by atoms with E-state index in [-0.39, 0.29) is 5.02 Å². The van der Waals surface area contributed by atoms with Crippen LogP contribution in [0.3, 0.4) is 0 Å². The smallest absolute Gasteiger partial charge is 0.342 e. The summed E-state index contributed by atoms with van der Waals surface area (Å²) in [6, 6.07) is 1.81. The Bertz CT molecular complexity index is 417. The van der Waals surface area contributed by atoms with E-state index in [1.54, 1.807) is 0 Å². The van der Waals surface area contributed by atoms with Crippen LogP contribution in [0.25, 0.3) is 0 Å². The molecule has 74 valence electrons. The number of hydrogen-bond acceptors (Lipinski definition) is 4. The summed E-state index contributed by atoms with van der Waals surface area (Å²) in [5, 5.41) is 28.0. The summed E-state index contributed by atoms with van der Waals surface area (Å²) in [7, 11) is 0. The molecule has 1 aromatic rings. The number of phenolic OH excluding ortho intramolecular Hbond substituents is 1. The van der Waals surface area contributed by atoms with E-state index in [1.165, 1.54) is 0 Å². The number of nitrogens with zero attached hydrogens (tertiary/aromatic N) is 1. The van der Waals surface area contributed by atoms with Gasteiger partial charge in [0.2, 0.25) is 0 Å². The molecule has 1 aromatic carbocycles. The summed E-state index contributed by atoms with van der Waals surface area (Å²) >= 11 is 5.42. The van der Waals surface area contributed by atoms with Crippen LogP contribution < -0.4 is 0 Å². The van der Waals surface area contributed by atoms with Crippen molar-refractivity contribution in [3.8, 4) is 5.75 Å². The molecule has 0 spiro atoms. The van der Waals surface area contributed by atoms with E-state index < -0.39 is 27.9 Å². The minimum atomic E-state index is -1.52. The van der Waals surface area contributed by atoms with Gasteiger partial charge in [-0.1, -0.05) is 11.6 Å². The van der Waals surface area contributed by atoms with Gasteiger partial charge < -0.3 is 10.2 Å². The lowest BCUT2D eigenvalue weighted by Gasteiger charge is -2.00. The SMILES string of the molecule is O=C(O)c1cc(Cl)cc(O)c1[N+](=O)[O-]. The molecular formula is C7H4ClNO5. The van der Waals surface area contributed by atoms with Crippen molar-refractivity contribution in [2.45, 2.75) is 0 Å². The van der Waals surface area contributed by atoms with Crippen molar-refractivity contribution in [2.24, 2.45) is 0 Å². The monoisotopic (exact) mass is 217 g/mol. The molecule has 7 heteroatoms. The largest absolute Gasteiger partial charge is 0.502 e. The Hall–Kier alpha value is -1.82. The number of nitro groups is 1. The van der Waals surface area contributed by atoms with E-state index in [0.29, 0.717) is 0 Å². The van der Waals surface area contributed by atoms with Crippen LogP contribution in [0.1, 0.15) is 10.4 Å². The molecule has 6 nitrogen and oxygen atoms in total. The number of carboxylic acid groups (broad SMARTS) is 1. The van der Waals surface area contributed by atoms with Crippen LogP contribution in [0, 0.1) is 10.1 Å². The molecule has 0 heterocycles. The number of rotatable bonds is 2. The predicted octanol–water partition coefficient (Wildman–Crippen LogP) is 1.65. The van der Waals surface area contributed by atoms with E-state index in [2.05, 4.69) is 0 Å². The van der Waals surface area contributed by atoms with Gasteiger partial charge in [0.25, 0.3) is 0 Å². The molecule has 0 fully saturated rings. The number of phenols is 1. The second-order valence-electron chi connectivity index (χ2n) is 2.38. The predicted molar refractivity (Wildman–Crippen MR) is 46.7 cm³/mol. The van der Waals surface area contributed by atoms with Gasteiger partial charge in [-0.2, -0.15) is 0 Å². The zero-order valence-corrected chi connectivity index (χ0v) is 7.35. The summed E-state index contributed by atoms with van der Waals surface area (Å²) in [5.41, 5.74) is -1.50. The molecule has 0 amide bonds. The van der Waals surface area contributed by atoms with Crippen LogP contribution in [0.5, 0.6) is 5.75 Å². The summed E-state index contributed by atoms with van der Waals surface area (Å²) in [6.45, 7) is 0. The second-order valence-corrected chi connectivity index (χ2v) is 2.82. The topological polar surface area (TPSA) is 101 Å². The van der Waals surface area contributed by atoms with Crippen LogP contribution in [-0.2, 0) is 0 Å². The number of nitro benzene ring substituents is 1. The molecule has 0 aliphatic carbocycles. The Morgan fingerprint density at radius 3 is 2.50 bits per heavy atom. The molecule has 0 aliphatic rings. The van der Waals surface area contributed by atoms with Gasteiger partial charge in [-0.3, -0.25) is 10.1 Å². The number of carboxylic acids is 1. The van der Waals surface area contributed by atoms with Crippen LogP contribution in [-0.4, -0.2) is 21.1 Å². The fourth-order valence-electron chi connectivity index (χ4n) is 0.940. The first-order chi connectivity index (χ1) is 6.43. The van der Waals surface area contributed by atoms with Crippen molar-refractivity contribution in [3.63, 3.8) is 0 Å². The Morgan fingerprint density at radius 1 is 1.50 bits per heavy atom. The molecule has 2 N–H and O–H groups in total. The molecule has 0 atom stereocenters. The average Bonchev–Trinajstić information content (AvgIpc) is 2.01. The molecule has 0 aliphatic heterocycles. The third-order valence-electron chi connectivity index (χ3n) is 1.47. The van der Waals surface area contributed by atoms with Crippen molar-refractivity contribution in [1.82, 2.24) is 0 Å². The van der Waals surface area contributed by atoms with E-state index in [0.717, 1.165) is 12.1 Å². The zero-order valence-electron chi connectivity index (χ0n) is 6.60. The first-order valence-corrected chi connectivity index (χ1v) is 3.71. The number of aromatic hydroxyl groups is 1. The highest BCUT2D eigenvalue weighted by atomic mass is 35.5. The third kappa shape index (κ3) is 1.74. The van der Waals surface area contributed by atoms with Gasteiger partial charge in [-0.15, -0.1) is 0 Å². The highest BCUT2D eigenvalue weighted by molar-refractivity contribution is 6.31. The normalized spacial score (nSPS) is 9.79. The summed E-state index contributed by atoms with van der Waals surface area (Å²) in [6.07, 6.45) is 0. The zero-order chi connectivity index (χ0) is 10.9. The number of halogens is 1. The van der Waals surface area contributed by atoms with Gasteiger partial charge in [0, 0.05) is 11.1 Å². The summed E-state index contributed by atoms with van der Waals surface area (Å²) in [4.78, 5) is 20.0. The van der Waals surface area contributed by atoms with Gasteiger partial charge in [0.05, 0.1) is 4.92 Å². The highest BCUT2D eigenvalue weighted by Gasteiger charge is 2.25. The first-order valence-electron chi connectivity index (χ1n) is 3.33. The van der Waals surface area contributed by atoms with E-state index in [1.807, 2.05) is 0 Å². The van der Waals surface area contributed by atoms with Crippen LogP contribution in [0.2, 0.25) is 5.02 Å². The Labute approximate surface area is 82.5 Å². The van der Waals surface area contributed by atoms with Crippen LogP contribution in [0.15, 0.2) is 12.1 Å². The minimum absolute atomic E-state index is 0.0782. The van der Waals surface area contributed by atoms with Gasteiger partial charge in [-0.05, 0) is 6.07 Å². The van der Waals surface area contributed by atoms with Gasteiger partial charge in [0.1, 0.15) is 5.56 Å². The lowest BCUT2D eigenvalue weighted by Crippen LogP contribution is -2.02. The van der Waals surface area contributed by atoms with Crippen molar-refractivity contribution in [2.75, 3.05) is 0 Å². The maximum atomic E-state index is 10.6. The van der Waals surface area contributed by atoms with Crippen LogP contribution >= 0.6 is 11.6 Å². The lowest BCUT2D eigenvalue weighted by molar-refractivity contribution is -0.386. The quantitative estimate of drug-likeness (QED) is 0.579. The molecule has 1 rings (SSSR count). The van der Waals surface area contributed by atoms with Gasteiger partial charge in [-0.25, -0.2) is 4.79 Å². The van der Waals surface area contributed by atoms with E-state index in [4.69, 9.17) is 21.8 Å². The van der Waals surface area contributed by atoms with Gasteiger partial charge in [0.15, 0.2) is 5.75 Å². The molecular weight excluding hydrogens is 214 g/mol. The minimum Gasteiger partial charge on any atom is -0.502 e. The summed E-state index contributed by atoms with van der Waals surface area (Å²) in [5.74, 6) is -2.28. The number of aromatic carboxylic acids is 1. The average molecular weight is 218 g/mol. The Kier molecular flexibility index (Phi) is 2.57. The lowest BCUT2D eigenvalue weighted by atomic mass is 10.1. The van der Waals surface area contributed by atoms with Crippen molar-refractivity contribution >= 4 is 23.3 Å². The maximum Gasteiger partial charge on any atom is 0.342 e.